The topological polar surface area (TPSA) is 20.2 Å². The number of halogens is 1. The van der Waals surface area contributed by atoms with Crippen molar-refractivity contribution in [2.45, 2.75) is 25.9 Å². The van der Waals surface area contributed by atoms with Crippen LogP contribution in [0.1, 0.15) is 30.1 Å². The van der Waals surface area contributed by atoms with Gasteiger partial charge in [0.15, 0.2) is 0 Å². The molecule has 1 N–H and O–H groups in total. The fourth-order valence-corrected chi connectivity index (χ4v) is 1.33. The number of hydrogen-bond acceptors (Lipinski definition) is 1. The number of aliphatic hydroxyl groups is 1. The molecular weight excluding hydrogens is 179 g/mol. The lowest BCUT2D eigenvalue weighted by Gasteiger charge is -2.10. The Labute approximate surface area is 83.9 Å². The summed E-state index contributed by atoms with van der Waals surface area (Å²) >= 11 is 0. The third kappa shape index (κ3) is 2.67. The Bertz CT molecular complexity index is 320. The fourth-order valence-electron chi connectivity index (χ4n) is 1.33. The Kier molecular flexibility index (Phi) is 3.84. The Hall–Kier alpha value is -1.15. The standard InChI is InChI=1S/C12H15FO/c1-3-4-5-12(14)10-7-6-9(2)8-11(10)13/h3,6-8,12,14H,1,4-5H2,2H3. The van der Waals surface area contributed by atoms with Crippen LogP contribution < -0.4 is 0 Å². The second-order valence-electron chi connectivity index (χ2n) is 3.41. The van der Waals surface area contributed by atoms with E-state index < -0.39 is 6.10 Å². The minimum absolute atomic E-state index is 0.332. The van der Waals surface area contributed by atoms with Gasteiger partial charge in [-0.3, -0.25) is 0 Å². The van der Waals surface area contributed by atoms with E-state index in [1.807, 2.05) is 6.92 Å². The normalized spacial score (nSPS) is 12.5. The molecule has 1 unspecified atom stereocenters. The molecule has 0 amide bonds. The highest BCUT2D eigenvalue weighted by atomic mass is 19.1. The summed E-state index contributed by atoms with van der Waals surface area (Å²) in [6, 6.07) is 4.88. The molecule has 0 bridgehead atoms. The molecule has 0 aromatic heterocycles. The molecular formula is C12H15FO. The van der Waals surface area contributed by atoms with Crippen LogP contribution in [-0.4, -0.2) is 5.11 Å². The summed E-state index contributed by atoms with van der Waals surface area (Å²) in [6.45, 7) is 5.38. The summed E-state index contributed by atoms with van der Waals surface area (Å²) in [7, 11) is 0. The first-order valence-corrected chi connectivity index (χ1v) is 4.70. The summed E-state index contributed by atoms with van der Waals surface area (Å²) < 4.78 is 13.3. The number of aliphatic hydroxyl groups excluding tert-OH is 1. The van der Waals surface area contributed by atoms with E-state index in [0.29, 0.717) is 18.4 Å². The lowest BCUT2D eigenvalue weighted by molar-refractivity contribution is 0.164. The molecule has 76 valence electrons. The molecule has 0 spiro atoms. The number of benzene rings is 1. The van der Waals surface area contributed by atoms with Gasteiger partial charge in [-0.25, -0.2) is 4.39 Å². The predicted octanol–water partition coefficient (Wildman–Crippen LogP) is 3.13. The maximum atomic E-state index is 13.3. The van der Waals surface area contributed by atoms with E-state index in [0.717, 1.165) is 5.56 Å². The van der Waals surface area contributed by atoms with Gasteiger partial charge in [0.1, 0.15) is 5.82 Å². The zero-order valence-corrected chi connectivity index (χ0v) is 8.33. The average Bonchev–Trinajstić information content (AvgIpc) is 2.14. The van der Waals surface area contributed by atoms with Gasteiger partial charge in [0.2, 0.25) is 0 Å². The van der Waals surface area contributed by atoms with Crippen LogP contribution in [0.5, 0.6) is 0 Å². The molecule has 0 aliphatic carbocycles. The molecule has 0 saturated carbocycles. The maximum Gasteiger partial charge on any atom is 0.129 e. The summed E-state index contributed by atoms with van der Waals surface area (Å²) in [5, 5.41) is 9.64. The molecule has 1 aromatic carbocycles. The zero-order chi connectivity index (χ0) is 10.6. The van der Waals surface area contributed by atoms with Crippen molar-refractivity contribution >= 4 is 0 Å². The van der Waals surface area contributed by atoms with Crippen molar-refractivity contribution in [3.8, 4) is 0 Å². The molecule has 0 fully saturated rings. The summed E-state index contributed by atoms with van der Waals surface area (Å²) in [6.07, 6.45) is 2.20. The predicted molar refractivity (Wildman–Crippen MR) is 55.5 cm³/mol. The van der Waals surface area contributed by atoms with Crippen LogP contribution in [0.2, 0.25) is 0 Å². The first-order valence-electron chi connectivity index (χ1n) is 4.70. The Morgan fingerprint density at radius 3 is 2.86 bits per heavy atom. The van der Waals surface area contributed by atoms with Crippen molar-refractivity contribution < 1.29 is 9.50 Å². The van der Waals surface area contributed by atoms with E-state index in [-0.39, 0.29) is 5.82 Å². The van der Waals surface area contributed by atoms with Gasteiger partial charge in [-0.2, -0.15) is 0 Å². The third-order valence-corrected chi connectivity index (χ3v) is 2.16. The largest absolute Gasteiger partial charge is 0.388 e. The van der Waals surface area contributed by atoms with Crippen LogP contribution in [0.3, 0.4) is 0 Å². The summed E-state index contributed by atoms with van der Waals surface area (Å²) in [5.74, 6) is -0.332. The average molecular weight is 194 g/mol. The molecule has 0 radical (unpaired) electrons. The van der Waals surface area contributed by atoms with E-state index in [2.05, 4.69) is 6.58 Å². The summed E-state index contributed by atoms with van der Waals surface area (Å²) in [4.78, 5) is 0. The number of allylic oxidation sites excluding steroid dienone is 1. The van der Waals surface area contributed by atoms with Gasteiger partial charge in [0, 0.05) is 5.56 Å². The smallest absolute Gasteiger partial charge is 0.129 e. The van der Waals surface area contributed by atoms with Gasteiger partial charge in [0.25, 0.3) is 0 Å². The monoisotopic (exact) mass is 194 g/mol. The second kappa shape index (κ2) is 4.91. The quantitative estimate of drug-likeness (QED) is 0.730. The molecule has 0 heterocycles. The zero-order valence-electron chi connectivity index (χ0n) is 8.33. The molecule has 0 aliphatic rings. The van der Waals surface area contributed by atoms with E-state index in [4.69, 9.17) is 0 Å². The van der Waals surface area contributed by atoms with E-state index >= 15 is 0 Å². The fraction of sp³-hybridized carbons (Fsp3) is 0.333. The molecule has 0 aliphatic heterocycles. The lowest BCUT2D eigenvalue weighted by Crippen LogP contribution is -2.00. The SMILES string of the molecule is C=CCCC(O)c1ccc(C)cc1F. The third-order valence-electron chi connectivity index (χ3n) is 2.16. The second-order valence-corrected chi connectivity index (χ2v) is 3.41. The first-order chi connectivity index (χ1) is 6.65. The van der Waals surface area contributed by atoms with Crippen molar-refractivity contribution in [1.82, 2.24) is 0 Å². The lowest BCUT2D eigenvalue weighted by atomic mass is 10.0. The van der Waals surface area contributed by atoms with Gasteiger partial charge < -0.3 is 5.11 Å². The van der Waals surface area contributed by atoms with Gasteiger partial charge >= 0.3 is 0 Å². The van der Waals surface area contributed by atoms with E-state index in [1.54, 1.807) is 18.2 Å². The van der Waals surface area contributed by atoms with Gasteiger partial charge in [-0.1, -0.05) is 18.2 Å². The molecule has 1 aromatic rings. The van der Waals surface area contributed by atoms with Crippen LogP contribution in [0.25, 0.3) is 0 Å². The van der Waals surface area contributed by atoms with Crippen molar-refractivity contribution in [3.05, 3.63) is 47.8 Å². The molecule has 1 atom stereocenters. The molecule has 14 heavy (non-hydrogen) atoms. The van der Waals surface area contributed by atoms with Gasteiger partial charge in [0.05, 0.1) is 6.10 Å². The Balaban J connectivity index is 2.78. The van der Waals surface area contributed by atoms with Crippen LogP contribution in [0, 0.1) is 12.7 Å². The Morgan fingerprint density at radius 1 is 1.57 bits per heavy atom. The molecule has 1 rings (SSSR count). The highest BCUT2D eigenvalue weighted by molar-refractivity contribution is 5.25. The highest BCUT2D eigenvalue weighted by Crippen LogP contribution is 2.22. The van der Waals surface area contributed by atoms with Crippen LogP contribution in [0.15, 0.2) is 30.9 Å². The summed E-state index contributed by atoms with van der Waals surface area (Å²) in [5.41, 5.74) is 1.24. The van der Waals surface area contributed by atoms with Crippen LogP contribution >= 0.6 is 0 Å². The minimum Gasteiger partial charge on any atom is -0.388 e. The number of hydrogen-bond donors (Lipinski definition) is 1. The van der Waals surface area contributed by atoms with Crippen molar-refractivity contribution in [3.63, 3.8) is 0 Å². The highest BCUT2D eigenvalue weighted by Gasteiger charge is 2.11. The van der Waals surface area contributed by atoms with E-state index in [9.17, 15) is 9.50 Å². The maximum absolute atomic E-state index is 13.3. The molecule has 0 saturated heterocycles. The number of rotatable bonds is 4. The van der Waals surface area contributed by atoms with E-state index in [1.165, 1.54) is 6.07 Å². The first kappa shape index (κ1) is 10.9. The minimum atomic E-state index is -0.728. The van der Waals surface area contributed by atoms with Gasteiger partial charge in [-0.15, -0.1) is 6.58 Å². The molecule has 2 heteroatoms. The van der Waals surface area contributed by atoms with Crippen molar-refractivity contribution in [2.24, 2.45) is 0 Å². The van der Waals surface area contributed by atoms with Crippen molar-refractivity contribution in [2.75, 3.05) is 0 Å². The number of aryl methyl sites for hydroxylation is 1. The van der Waals surface area contributed by atoms with Gasteiger partial charge in [-0.05, 0) is 31.4 Å². The van der Waals surface area contributed by atoms with Crippen LogP contribution in [0.4, 0.5) is 4.39 Å². The Morgan fingerprint density at radius 2 is 2.29 bits per heavy atom. The van der Waals surface area contributed by atoms with Crippen molar-refractivity contribution in [1.29, 1.82) is 0 Å². The van der Waals surface area contributed by atoms with Crippen LogP contribution in [-0.2, 0) is 0 Å². The molecule has 1 nitrogen and oxygen atoms in total.